The lowest BCUT2D eigenvalue weighted by atomic mass is 10.0. The van der Waals surface area contributed by atoms with Crippen molar-refractivity contribution in [3.8, 4) is 5.75 Å². The fourth-order valence-corrected chi connectivity index (χ4v) is 2.22. The van der Waals surface area contributed by atoms with Crippen molar-refractivity contribution in [1.82, 2.24) is 0 Å². The molecule has 1 rings (SSSR count). The fraction of sp³-hybridized carbons (Fsp3) is 0.385. The van der Waals surface area contributed by atoms with Crippen molar-refractivity contribution >= 4 is 22.8 Å². The second-order valence-electron chi connectivity index (χ2n) is 3.89. The van der Waals surface area contributed by atoms with Gasteiger partial charge >= 0.3 is 5.97 Å². The molecule has 0 aromatic heterocycles. The number of methoxy groups -OCH3 is 1. The van der Waals surface area contributed by atoms with Gasteiger partial charge in [-0.1, -0.05) is 23.9 Å². The highest BCUT2D eigenvalue weighted by Crippen LogP contribution is 2.19. The first kappa shape index (κ1) is 14.6. The molecule has 0 saturated heterocycles. The molecule has 0 amide bonds. The molecule has 0 aliphatic heterocycles. The average Bonchev–Trinajstić information content (AvgIpc) is 2.34. The lowest BCUT2D eigenvalue weighted by Crippen LogP contribution is -2.19. The first-order valence-corrected chi connectivity index (χ1v) is 6.50. The SMILES string of the molecule is COc1cccc(CC(CSC(C)=O)C(=O)O)c1. The van der Waals surface area contributed by atoms with Crippen molar-refractivity contribution in [2.75, 3.05) is 12.9 Å². The van der Waals surface area contributed by atoms with E-state index in [1.165, 1.54) is 6.92 Å². The average molecular weight is 268 g/mol. The largest absolute Gasteiger partial charge is 0.497 e. The fourth-order valence-electron chi connectivity index (χ4n) is 1.52. The van der Waals surface area contributed by atoms with Gasteiger partial charge in [-0.15, -0.1) is 0 Å². The van der Waals surface area contributed by atoms with Crippen molar-refractivity contribution in [1.29, 1.82) is 0 Å². The van der Waals surface area contributed by atoms with Gasteiger partial charge in [0.1, 0.15) is 5.75 Å². The van der Waals surface area contributed by atoms with Gasteiger partial charge in [-0.3, -0.25) is 9.59 Å². The zero-order valence-electron chi connectivity index (χ0n) is 10.4. The second kappa shape index (κ2) is 7.06. The van der Waals surface area contributed by atoms with Crippen LogP contribution in [0.4, 0.5) is 0 Å². The van der Waals surface area contributed by atoms with Crippen LogP contribution in [0.2, 0.25) is 0 Å². The van der Waals surface area contributed by atoms with Crippen LogP contribution in [0, 0.1) is 5.92 Å². The first-order valence-electron chi connectivity index (χ1n) is 5.52. The van der Waals surface area contributed by atoms with E-state index in [-0.39, 0.29) is 5.12 Å². The number of hydrogen-bond acceptors (Lipinski definition) is 4. The maximum Gasteiger partial charge on any atom is 0.307 e. The maximum absolute atomic E-state index is 11.1. The standard InChI is InChI=1S/C13H16O4S/c1-9(14)18-8-11(13(15)16)6-10-4-3-5-12(7-10)17-2/h3-5,7,11H,6,8H2,1-2H3,(H,15,16). The van der Waals surface area contributed by atoms with Crippen molar-refractivity contribution < 1.29 is 19.4 Å². The number of benzene rings is 1. The van der Waals surface area contributed by atoms with E-state index in [1.807, 2.05) is 24.3 Å². The van der Waals surface area contributed by atoms with Gasteiger partial charge in [0.15, 0.2) is 5.12 Å². The quantitative estimate of drug-likeness (QED) is 0.857. The van der Waals surface area contributed by atoms with E-state index in [1.54, 1.807) is 7.11 Å². The minimum Gasteiger partial charge on any atom is -0.497 e. The molecule has 1 unspecified atom stereocenters. The van der Waals surface area contributed by atoms with Gasteiger partial charge in [-0.05, 0) is 24.1 Å². The summed E-state index contributed by atoms with van der Waals surface area (Å²) in [6, 6.07) is 7.31. The number of carbonyl (C=O) groups is 2. The minimum absolute atomic E-state index is 0.0631. The zero-order chi connectivity index (χ0) is 13.5. The Morgan fingerprint density at radius 1 is 1.44 bits per heavy atom. The molecule has 0 fully saturated rings. The van der Waals surface area contributed by atoms with Gasteiger partial charge in [-0.25, -0.2) is 0 Å². The van der Waals surface area contributed by atoms with E-state index in [4.69, 9.17) is 9.84 Å². The number of aliphatic carboxylic acids is 1. The van der Waals surface area contributed by atoms with Gasteiger partial charge in [-0.2, -0.15) is 0 Å². The Morgan fingerprint density at radius 3 is 2.72 bits per heavy atom. The minimum atomic E-state index is -0.883. The lowest BCUT2D eigenvalue weighted by Gasteiger charge is -2.11. The Hall–Kier alpha value is -1.49. The van der Waals surface area contributed by atoms with Crippen LogP contribution < -0.4 is 4.74 Å². The van der Waals surface area contributed by atoms with Crippen LogP contribution in [0.5, 0.6) is 5.75 Å². The highest BCUT2D eigenvalue weighted by atomic mass is 32.2. The summed E-state index contributed by atoms with van der Waals surface area (Å²) < 4.78 is 5.09. The third-order valence-electron chi connectivity index (χ3n) is 2.45. The molecule has 98 valence electrons. The van der Waals surface area contributed by atoms with E-state index in [9.17, 15) is 9.59 Å². The molecule has 18 heavy (non-hydrogen) atoms. The van der Waals surface area contributed by atoms with Gasteiger partial charge in [0.25, 0.3) is 0 Å². The number of thioether (sulfide) groups is 1. The normalized spacial score (nSPS) is 11.9. The predicted molar refractivity (Wildman–Crippen MR) is 71.0 cm³/mol. The number of ether oxygens (including phenoxy) is 1. The summed E-state index contributed by atoms with van der Waals surface area (Å²) in [6.07, 6.45) is 0.396. The number of carboxylic acids is 1. The topological polar surface area (TPSA) is 63.6 Å². The van der Waals surface area contributed by atoms with Gasteiger partial charge < -0.3 is 9.84 Å². The summed E-state index contributed by atoms with van der Waals surface area (Å²) >= 11 is 1.05. The Kier molecular flexibility index (Phi) is 5.71. The van der Waals surface area contributed by atoms with Crippen molar-refractivity contribution in [2.45, 2.75) is 13.3 Å². The van der Waals surface area contributed by atoms with E-state index in [2.05, 4.69) is 0 Å². The van der Waals surface area contributed by atoms with Gasteiger partial charge in [0.05, 0.1) is 13.0 Å². The molecule has 0 heterocycles. The van der Waals surface area contributed by atoms with Crippen LogP contribution in [0.25, 0.3) is 0 Å². The number of carboxylic acid groups (broad SMARTS) is 1. The molecule has 0 aliphatic carbocycles. The summed E-state index contributed by atoms with van der Waals surface area (Å²) in [4.78, 5) is 22.0. The summed E-state index contributed by atoms with van der Waals surface area (Å²) in [5.74, 6) is -0.449. The number of hydrogen-bond donors (Lipinski definition) is 1. The summed E-state index contributed by atoms with van der Waals surface area (Å²) in [7, 11) is 1.57. The van der Waals surface area contributed by atoms with Crippen molar-refractivity contribution in [2.24, 2.45) is 5.92 Å². The molecule has 0 bridgehead atoms. The first-order chi connectivity index (χ1) is 8.52. The molecular weight excluding hydrogens is 252 g/mol. The Balaban J connectivity index is 2.70. The van der Waals surface area contributed by atoms with Crippen molar-refractivity contribution in [3.05, 3.63) is 29.8 Å². The van der Waals surface area contributed by atoms with Gasteiger partial charge in [0, 0.05) is 12.7 Å². The number of rotatable bonds is 6. The highest BCUT2D eigenvalue weighted by molar-refractivity contribution is 8.13. The van der Waals surface area contributed by atoms with Crippen LogP contribution >= 0.6 is 11.8 Å². The Morgan fingerprint density at radius 2 is 2.17 bits per heavy atom. The predicted octanol–water partition coefficient (Wildman–Crippen LogP) is 2.22. The second-order valence-corrected chi connectivity index (χ2v) is 5.09. The lowest BCUT2D eigenvalue weighted by molar-refractivity contribution is -0.140. The van der Waals surface area contributed by atoms with Crippen LogP contribution in [0.15, 0.2) is 24.3 Å². The molecule has 5 heteroatoms. The molecule has 1 aromatic rings. The molecule has 1 N–H and O–H groups in total. The third-order valence-corrected chi connectivity index (χ3v) is 3.43. The van der Waals surface area contributed by atoms with E-state index in [0.717, 1.165) is 17.3 Å². The number of carbonyl (C=O) groups excluding carboxylic acids is 1. The molecule has 0 radical (unpaired) electrons. The molecule has 0 spiro atoms. The molecular formula is C13H16O4S. The smallest absolute Gasteiger partial charge is 0.307 e. The molecule has 0 aliphatic rings. The maximum atomic E-state index is 11.1. The van der Waals surface area contributed by atoms with Gasteiger partial charge in [0.2, 0.25) is 0 Å². The van der Waals surface area contributed by atoms with Crippen molar-refractivity contribution in [3.63, 3.8) is 0 Å². The monoisotopic (exact) mass is 268 g/mol. The van der Waals surface area contributed by atoms with E-state index in [0.29, 0.717) is 17.9 Å². The van der Waals surface area contributed by atoms with Crippen LogP contribution in [0.1, 0.15) is 12.5 Å². The van der Waals surface area contributed by atoms with Crippen LogP contribution in [-0.2, 0) is 16.0 Å². The van der Waals surface area contributed by atoms with E-state index >= 15 is 0 Å². The summed E-state index contributed by atoms with van der Waals surface area (Å²) in [6.45, 7) is 1.44. The molecule has 1 aromatic carbocycles. The summed E-state index contributed by atoms with van der Waals surface area (Å²) in [5.41, 5.74) is 0.894. The van der Waals surface area contributed by atoms with Crippen LogP contribution in [0.3, 0.4) is 0 Å². The Bertz CT molecular complexity index is 431. The molecule has 1 atom stereocenters. The summed E-state index contributed by atoms with van der Waals surface area (Å²) in [5, 5.41) is 9.06. The third kappa shape index (κ3) is 4.79. The highest BCUT2D eigenvalue weighted by Gasteiger charge is 2.19. The van der Waals surface area contributed by atoms with E-state index < -0.39 is 11.9 Å². The Labute approximate surface area is 110 Å². The zero-order valence-corrected chi connectivity index (χ0v) is 11.2. The molecule has 0 saturated carbocycles. The van der Waals surface area contributed by atoms with Crippen LogP contribution in [-0.4, -0.2) is 29.1 Å². The molecule has 4 nitrogen and oxygen atoms in total.